The van der Waals surface area contributed by atoms with Crippen LogP contribution in [0.1, 0.15) is 43.6 Å². The van der Waals surface area contributed by atoms with Crippen molar-refractivity contribution in [3.63, 3.8) is 0 Å². The van der Waals surface area contributed by atoms with E-state index in [-0.39, 0.29) is 10.8 Å². The first-order chi connectivity index (χ1) is 8.49. The van der Waals surface area contributed by atoms with Gasteiger partial charge in [-0.15, -0.1) is 11.3 Å². The number of nitrogens with one attached hydrogen (secondary N) is 1. The minimum atomic E-state index is 0.179. The molecular formula is C15H25NOS. The molecule has 0 saturated heterocycles. The lowest BCUT2D eigenvalue weighted by atomic mass is 9.69. The molecular weight excluding hydrogens is 242 g/mol. The van der Waals surface area contributed by atoms with Gasteiger partial charge < -0.3 is 10.4 Å². The molecule has 2 N–H and O–H groups in total. The second-order valence-corrected chi connectivity index (χ2v) is 7.35. The molecule has 1 aromatic heterocycles. The number of rotatable bonds is 6. The van der Waals surface area contributed by atoms with Gasteiger partial charge in [0.25, 0.3) is 0 Å². The van der Waals surface area contributed by atoms with Crippen molar-refractivity contribution >= 4 is 11.3 Å². The Morgan fingerprint density at radius 1 is 1.44 bits per heavy atom. The van der Waals surface area contributed by atoms with Crippen molar-refractivity contribution in [2.24, 2.45) is 5.41 Å². The molecule has 2 nitrogen and oxygen atoms in total. The van der Waals surface area contributed by atoms with Crippen LogP contribution in [0.4, 0.5) is 0 Å². The molecule has 0 spiro atoms. The molecule has 3 heteroatoms. The molecule has 0 aromatic carbocycles. The van der Waals surface area contributed by atoms with E-state index in [1.54, 1.807) is 0 Å². The third-order valence-corrected chi connectivity index (χ3v) is 5.68. The molecule has 2 rings (SSSR count). The maximum absolute atomic E-state index is 9.46. The molecule has 102 valence electrons. The first-order valence-electron chi connectivity index (χ1n) is 6.85. The molecule has 0 amide bonds. The predicted octanol–water partition coefficient (Wildman–Crippen LogP) is 3.09. The first-order valence-corrected chi connectivity index (χ1v) is 7.73. The minimum absolute atomic E-state index is 0.179. The standard InChI is InChI=1S/C15H25NOS/c1-12-5-8-18-13(12)14(2,3)9-16-10-15(11-17)6-4-7-15/h5,8,16-17H,4,6-7,9-11H2,1-3H3. The summed E-state index contributed by atoms with van der Waals surface area (Å²) in [6.45, 7) is 9.05. The van der Waals surface area contributed by atoms with Crippen molar-refractivity contribution < 1.29 is 5.11 Å². The molecule has 0 bridgehead atoms. The number of thiophene rings is 1. The summed E-state index contributed by atoms with van der Waals surface area (Å²) in [5, 5.41) is 15.2. The van der Waals surface area contributed by atoms with Crippen molar-refractivity contribution in [1.82, 2.24) is 5.32 Å². The normalized spacial score (nSPS) is 18.7. The maximum Gasteiger partial charge on any atom is 0.0499 e. The summed E-state index contributed by atoms with van der Waals surface area (Å²) in [5.41, 5.74) is 1.76. The van der Waals surface area contributed by atoms with Crippen LogP contribution in [0.3, 0.4) is 0 Å². The number of hydrogen-bond donors (Lipinski definition) is 2. The van der Waals surface area contributed by atoms with Crippen molar-refractivity contribution in [3.8, 4) is 0 Å². The van der Waals surface area contributed by atoms with Gasteiger partial charge in [0.05, 0.1) is 0 Å². The monoisotopic (exact) mass is 267 g/mol. The van der Waals surface area contributed by atoms with Gasteiger partial charge in [-0.1, -0.05) is 20.3 Å². The van der Waals surface area contributed by atoms with E-state index in [9.17, 15) is 5.11 Å². The van der Waals surface area contributed by atoms with Crippen molar-refractivity contribution in [1.29, 1.82) is 0 Å². The van der Waals surface area contributed by atoms with Crippen LogP contribution >= 0.6 is 11.3 Å². The van der Waals surface area contributed by atoms with Gasteiger partial charge in [0.15, 0.2) is 0 Å². The topological polar surface area (TPSA) is 32.3 Å². The van der Waals surface area contributed by atoms with Crippen LogP contribution in [0.15, 0.2) is 11.4 Å². The molecule has 0 radical (unpaired) electrons. The van der Waals surface area contributed by atoms with E-state index in [0.29, 0.717) is 6.61 Å². The lowest BCUT2D eigenvalue weighted by Gasteiger charge is -2.41. The Hall–Kier alpha value is -0.380. The molecule has 0 aliphatic heterocycles. The van der Waals surface area contributed by atoms with Gasteiger partial charge in [0.1, 0.15) is 0 Å². The van der Waals surface area contributed by atoms with Crippen LogP contribution in [-0.4, -0.2) is 24.8 Å². The van der Waals surface area contributed by atoms with Gasteiger partial charge in [-0.3, -0.25) is 0 Å². The van der Waals surface area contributed by atoms with E-state index in [1.807, 2.05) is 11.3 Å². The summed E-state index contributed by atoms with van der Waals surface area (Å²) in [5.74, 6) is 0. The molecule has 1 aliphatic rings. The van der Waals surface area contributed by atoms with Crippen molar-refractivity contribution in [3.05, 3.63) is 21.9 Å². The number of aryl methyl sites for hydroxylation is 1. The van der Waals surface area contributed by atoms with Crippen LogP contribution in [0, 0.1) is 12.3 Å². The summed E-state index contributed by atoms with van der Waals surface area (Å²) in [4.78, 5) is 1.47. The van der Waals surface area contributed by atoms with Gasteiger partial charge in [0, 0.05) is 35.4 Å². The van der Waals surface area contributed by atoms with Gasteiger partial charge >= 0.3 is 0 Å². The molecule has 1 heterocycles. The Morgan fingerprint density at radius 3 is 2.61 bits per heavy atom. The number of hydrogen-bond acceptors (Lipinski definition) is 3. The van der Waals surface area contributed by atoms with E-state index in [4.69, 9.17) is 0 Å². The van der Waals surface area contributed by atoms with Gasteiger partial charge in [-0.05, 0) is 36.8 Å². The third-order valence-electron chi connectivity index (χ3n) is 4.29. The zero-order valence-corrected chi connectivity index (χ0v) is 12.6. The van der Waals surface area contributed by atoms with Crippen LogP contribution in [0.2, 0.25) is 0 Å². The Morgan fingerprint density at radius 2 is 2.17 bits per heavy atom. The molecule has 1 fully saturated rings. The first kappa shape index (κ1) is 14.0. The van der Waals surface area contributed by atoms with Gasteiger partial charge in [0.2, 0.25) is 0 Å². The van der Waals surface area contributed by atoms with Gasteiger partial charge in [-0.25, -0.2) is 0 Å². The highest BCUT2D eigenvalue weighted by atomic mass is 32.1. The van der Waals surface area contributed by atoms with E-state index in [1.165, 1.54) is 29.7 Å². The number of aliphatic hydroxyl groups is 1. The lowest BCUT2D eigenvalue weighted by molar-refractivity contribution is 0.0438. The zero-order chi connectivity index (χ0) is 13.2. The second-order valence-electron chi connectivity index (χ2n) is 6.43. The van der Waals surface area contributed by atoms with E-state index < -0.39 is 0 Å². The average molecular weight is 267 g/mol. The summed E-state index contributed by atoms with van der Waals surface area (Å²) in [6.07, 6.45) is 3.62. The average Bonchev–Trinajstić information content (AvgIpc) is 2.69. The SMILES string of the molecule is Cc1ccsc1C(C)(C)CNCC1(CO)CCC1. The van der Waals surface area contributed by atoms with Gasteiger partial charge in [-0.2, -0.15) is 0 Å². The van der Waals surface area contributed by atoms with Crippen LogP contribution in [-0.2, 0) is 5.41 Å². The van der Waals surface area contributed by atoms with Crippen LogP contribution < -0.4 is 5.32 Å². The maximum atomic E-state index is 9.46. The zero-order valence-electron chi connectivity index (χ0n) is 11.8. The fraction of sp³-hybridized carbons (Fsp3) is 0.733. The Balaban J connectivity index is 1.88. The highest BCUT2D eigenvalue weighted by Gasteiger charge is 2.36. The lowest BCUT2D eigenvalue weighted by Crippen LogP contribution is -2.45. The summed E-state index contributed by atoms with van der Waals surface area (Å²) >= 11 is 1.85. The predicted molar refractivity (Wildman–Crippen MR) is 78.3 cm³/mol. The molecule has 1 aliphatic carbocycles. The Kier molecular flexibility index (Phi) is 4.15. The quantitative estimate of drug-likeness (QED) is 0.830. The third kappa shape index (κ3) is 2.79. The van der Waals surface area contributed by atoms with Crippen molar-refractivity contribution in [2.45, 2.75) is 45.4 Å². The largest absolute Gasteiger partial charge is 0.396 e. The van der Waals surface area contributed by atoms with Crippen LogP contribution in [0.5, 0.6) is 0 Å². The smallest absolute Gasteiger partial charge is 0.0499 e. The summed E-state index contributed by atoms with van der Waals surface area (Å²) < 4.78 is 0. The van der Waals surface area contributed by atoms with E-state index >= 15 is 0 Å². The highest BCUT2D eigenvalue weighted by Crippen LogP contribution is 2.40. The fourth-order valence-corrected chi connectivity index (χ4v) is 3.91. The molecule has 0 unspecified atom stereocenters. The highest BCUT2D eigenvalue weighted by molar-refractivity contribution is 7.10. The minimum Gasteiger partial charge on any atom is -0.396 e. The number of aliphatic hydroxyl groups excluding tert-OH is 1. The molecule has 0 atom stereocenters. The Labute approximate surface area is 114 Å². The van der Waals surface area contributed by atoms with Crippen LogP contribution in [0.25, 0.3) is 0 Å². The molecule has 1 saturated carbocycles. The van der Waals surface area contributed by atoms with E-state index in [2.05, 4.69) is 37.5 Å². The molecule has 1 aromatic rings. The summed E-state index contributed by atoms with van der Waals surface area (Å²) in [6, 6.07) is 2.20. The van der Waals surface area contributed by atoms with E-state index in [0.717, 1.165) is 13.1 Å². The van der Waals surface area contributed by atoms with Crippen molar-refractivity contribution in [2.75, 3.05) is 19.7 Å². The molecule has 18 heavy (non-hydrogen) atoms. The summed E-state index contributed by atoms with van der Waals surface area (Å²) in [7, 11) is 0. The Bertz CT molecular complexity index is 387. The fourth-order valence-electron chi connectivity index (χ4n) is 2.85. The second kappa shape index (κ2) is 5.32.